The fourth-order valence-electron chi connectivity index (χ4n) is 2.49. The second-order valence-electron chi connectivity index (χ2n) is 6.11. The Morgan fingerprint density at radius 3 is 2.70 bits per heavy atom. The molecule has 0 saturated heterocycles. The predicted molar refractivity (Wildman–Crippen MR) is 101 cm³/mol. The molecular weight excluding hydrogens is 346 g/mol. The second kappa shape index (κ2) is 8.35. The van der Waals surface area contributed by atoms with Crippen molar-refractivity contribution in [2.45, 2.75) is 19.9 Å². The van der Waals surface area contributed by atoms with Crippen LogP contribution in [-0.4, -0.2) is 28.8 Å². The minimum Gasteiger partial charge on any atom is -0.492 e. The zero-order valence-electron chi connectivity index (χ0n) is 15.2. The van der Waals surface area contributed by atoms with Crippen LogP contribution in [0.4, 0.5) is 0 Å². The van der Waals surface area contributed by atoms with Crippen molar-refractivity contribution in [3.05, 3.63) is 70.7 Å². The van der Waals surface area contributed by atoms with Crippen LogP contribution in [0, 0.1) is 6.92 Å². The molecule has 1 aromatic carbocycles. The molecule has 140 valence electrons. The Hall–Kier alpha value is -3.35. The van der Waals surface area contributed by atoms with E-state index in [0.29, 0.717) is 24.6 Å². The van der Waals surface area contributed by atoms with E-state index in [4.69, 9.17) is 9.15 Å². The summed E-state index contributed by atoms with van der Waals surface area (Å²) < 4.78 is 12.0. The standard InChI is InChI=1S/C20H21N3O4/c1-14-5-7-16(8-6-14)26-13-11-21-20(25)15(2)23-19(24)10-9-17(22-23)18-4-3-12-27-18/h3-10,12,15H,11,13H2,1-2H3,(H,21,25). The van der Waals surface area contributed by atoms with Gasteiger partial charge in [0.15, 0.2) is 5.76 Å². The lowest BCUT2D eigenvalue weighted by molar-refractivity contribution is -0.124. The molecule has 0 aliphatic heterocycles. The Labute approximate surface area is 156 Å². The number of benzene rings is 1. The van der Waals surface area contributed by atoms with Crippen molar-refractivity contribution in [2.24, 2.45) is 0 Å². The highest BCUT2D eigenvalue weighted by Gasteiger charge is 2.18. The largest absolute Gasteiger partial charge is 0.492 e. The Morgan fingerprint density at radius 1 is 1.22 bits per heavy atom. The highest BCUT2D eigenvalue weighted by molar-refractivity contribution is 5.79. The van der Waals surface area contributed by atoms with Gasteiger partial charge in [-0.1, -0.05) is 17.7 Å². The van der Waals surface area contributed by atoms with Crippen LogP contribution in [0.3, 0.4) is 0 Å². The first-order chi connectivity index (χ1) is 13.0. The van der Waals surface area contributed by atoms with Gasteiger partial charge in [-0.3, -0.25) is 9.59 Å². The molecule has 3 aromatic rings. The summed E-state index contributed by atoms with van der Waals surface area (Å²) in [5.41, 5.74) is 1.28. The third kappa shape index (κ3) is 4.63. The fraction of sp³-hybridized carbons (Fsp3) is 0.250. The molecule has 7 nitrogen and oxygen atoms in total. The lowest BCUT2D eigenvalue weighted by Gasteiger charge is -2.15. The number of rotatable bonds is 7. The Kier molecular flexibility index (Phi) is 5.71. The molecule has 2 aromatic heterocycles. The summed E-state index contributed by atoms with van der Waals surface area (Å²) in [6.07, 6.45) is 1.52. The quantitative estimate of drug-likeness (QED) is 0.649. The van der Waals surface area contributed by atoms with E-state index in [0.717, 1.165) is 16.0 Å². The first kappa shape index (κ1) is 18.4. The van der Waals surface area contributed by atoms with Crippen LogP contribution in [0.5, 0.6) is 5.75 Å². The number of carbonyl (C=O) groups is 1. The summed E-state index contributed by atoms with van der Waals surface area (Å²) in [4.78, 5) is 24.5. The Morgan fingerprint density at radius 2 is 2.00 bits per heavy atom. The van der Waals surface area contributed by atoms with Crippen LogP contribution in [0.2, 0.25) is 0 Å². The van der Waals surface area contributed by atoms with Gasteiger partial charge in [0.05, 0.1) is 12.8 Å². The summed E-state index contributed by atoms with van der Waals surface area (Å²) in [6.45, 7) is 4.28. The number of ether oxygens (including phenoxy) is 1. The van der Waals surface area contributed by atoms with Gasteiger partial charge in [0.25, 0.3) is 5.56 Å². The average molecular weight is 367 g/mol. The van der Waals surface area contributed by atoms with Crippen LogP contribution < -0.4 is 15.6 Å². The minimum atomic E-state index is -0.758. The second-order valence-corrected chi connectivity index (χ2v) is 6.11. The summed E-state index contributed by atoms with van der Waals surface area (Å²) in [6, 6.07) is 13.3. The number of aryl methyl sites for hydroxylation is 1. The van der Waals surface area contributed by atoms with Crippen LogP contribution in [0.1, 0.15) is 18.5 Å². The van der Waals surface area contributed by atoms with Crippen molar-refractivity contribution >= 4 is 5.91 Å². The van der Waals surface area contributed by atoms with Crippen molar-refractivity contribution in [3.63, 3.8) is 0 Å². The molecule has 1 atom stereocenters. The maximum atomic E-state index is 12.4. The minimum absolute atomic E-state index is 0.311. The lowest BCUT2D eigenvalue weighted by Crippen LogP contribution is -2.38. The fourth-order valence-corrected chi connectivity index (χ4v) is 2.49. The summed E-state index contributed by atoms with van der Waals surface area (Å²) >= 11 is 0. The van der Waals surface area contributed by atoms with E-state index < -0.39 is 6.04 Å². The SMILES string of the molecule is Cc1ccc(OCCNC(=O)C(C)n2nc(-c3ccco3)ccc2=O)cc1. The van der Waals surface area contributed by atoms with Crippen molar-refractivity contribution in [3.8, 4) is 17.2 Å². The van der Waals surface area contributed by atoms with Gasteiger partial charge in [0, 0.05) is 6.07 Å². The van der Waals surface area contributed by atoms with E-state index in [2.05, 4.69) is 10.4 Å². The van der Waals surface area contributed by atoms with Gasteiger partial charge in [-0.25, -0.2) is 4.68 Å². The lowest BCUT2D eigenvalue weighted by atomic mass is 10.2. The van der Waals surface area contributed by atoms with Crippen LogP contribution in [-0.2, 0) is 4.79 Å². The van der Waals surface area contributed by atoms with Crippen molar-refractivity contribution in [1.82, 2.24) is 15.1 Å². The summed E-state index contributed by atoms with van der Waals surface area (Å²) in [5.74, 6) is 0.962. The number of furan rings is 1. The Balaban J connectivity index is 1.57. The van der Waals surface area contributed by atoms with E-state index in [1.54, 1.807) is 25.1 Å². The molecule has 1 amide bonds. The Bertz CT molecular complexity index is 946. The third-order valence-electron chi connectivity index (χ3n) is 4.04. The third-order valence-corrected chi connectivity index (χ3v) is 4.04. The molecule has 0 saturated carbocycles. The van der Waals surface area contributed by atoms with Crippen molar-refractivity contribution in [2.75, 3.05) is 13.2 Å². The van der Waals surface area contributed by atoms with Gasteiger partial charge in [-0.2, -0.15) is 5.10 Å². The number of carbonyl (C=O) groups excluding carboxylic acids is 1. The predicted octanol–water partition coefficient (Wildman–Crippen LogP) is 2.57. The molecule has 2 heterocycles. The molecule has 0 radical (unpaired) electrons. The smallest absolute Gasteiger partial charge is 0.267 e. The van der Waals surface area contributed by atoms with Crippen LogP contribution in [0.15, 0.2) is 64.0 Å². The number of hydrogen-bond acceptors (Lipinski definition) is 5. The molecule has 0 bridgehead atoms. The van der Waals surface area contributed by atoms with Gasteiger partial charge in [-0.15, -0.1) is 0 Å². The van der Waals surface area contributed by atoms with Crippen LogP contribution >= 0.6 is 0 Å². The highest BCUT2D eigenvalue weighted by atomic mass is 16.5. The zero-order valence-corrected chi connectivity index (χ0v) is 15.2. The first-order valence-corrected chi connectivity index (χ1v) is 8.65. The average Bonchev–Trinajstić information content (AvgIpc) is 3.21. The number of amides is 1. The number of nitrogens with one attached hydrogen (secondary N) is 1. The maximum Gasteiger partial charge on any atom is 0.267 e. The van der Waals surface area contributed by atoms with Gasteiger partial charge in [0.1, 0.15) is 24.1 Å². The molecule has 1 N–H and O–H groups in total. The van der Waals surface area contributed by atoms with E-state index in [1.807, 2.05) is 31.2 Å². The number of aromatic nitrogens is 2. The van der Waals surface area contributed by atoms with Gasteiger partial charge in [0.2, 0.25) is 5.91 Å². The van der Waals surface area contributed by atoms with E-state index in [9.17, 15) is 9.59 Å². The van der Waals surface area contributed by atoms with E-state index >= 15 is 0 Å². The summed E-state index contributed by atoms with van der Waals surface area (Å²) in [7, 11) is 0. The molecule has 7 heteroatoms. The van der Waals surface area contributed by atoms with Crippen molar-refractivity contribution in [1.29, 1.82) is 0 Å². The molecule has 1 unspecified atom stereocenters. The molecule has 0 fully saturated rings. The number of hydrogen-bond donors (Lipinski definition) is 1. The maximum absolute atomic E-state index is 12.4. The molecule has 27 heavy (non-hydrogen) atoms. The van der Waals surface area contributed by atoms with Gasteiger partial charge in [-0.05, 0) is 44.2 Å². The van der Waals surface area contributed by atoms with Crippen molar-refractivity contribution < 1.29 is 13.9 Å². The highest BCUT2D eigenvalue weighted by Crippen LogP contribution is 2.16. The van der Waals surface area contributed by atoms with Gasteiger partial charge < -0.3 is 14.5 Å². The molecule has 0 aliphatic rings. The van der Waals surface area contributed by atoms with E-state index in [1.165, 1.54) is 12.3 Å². The monoisotopic (exact) mass is 367 g/mol. The molecule has 0 aliphatic carbocycles. The molecule has 3 rings (SSSR count). The van der Waals surface area contributed by atoms with Gasteiger partial charge >= 0.3 is 0 Å². The van der Waals surface area contributed by atoms with Crippen LogP contribution in [0.25, 0.3) is 11.5 Å². The normalized spacial score (nSPS) is 11.8. The molecule has 0 spiro atoms. The zero-order chi connectivity index (χ0) is 19.2. The first-order valence-electron chi connectivity index (χ1n) is 8.65. The topological polar surface area (TPSA) is 86.4 Å². The molecular formula is C20H21N3O4. The van der Waals surface area contributed by atoms with E-state index in [-0.39, 0.29) is 11.5 Å². The summed E-state index contributed by atoms with van der Waals surface area (Å²) in [5, 5.41) is 7.00. The number of nitrogens with zero attached hydrogens (tertiary/aromatic N) is 2.